The van der Waals surface area contributed by atoms with Gasteiger partial charge in [0.2, 0.25) is 0 Å². The van der Waals surface area contributed by atoms with E-state index in [1.54, 1.807) is 5.57 Å². The largest absolute Gasteiger partial charge is 0.458 e. The van der Waals surface area contributed by atoms with Crippen LogP contribution in [-0.4, -0.2) is 19.1 Å². The number of hydrogen-bond donors (Lipinski definition) is 1. The molecule has 3 heteroatoms. The summed E-state index contributed by atoms with van der Waals surface area (Å²) >= 11 is 0. The molecular weight excluding hydrogens is 514 g/mol. The molecule has 1 aromatic carbocycles. The van der Waals surface area contributed by atoms with Crippen LogP contribution in [0.5, 0.6) is 0 Å². The van der Waals surface area contributed by atoms with Gasteiger partial charge in [-0.25, -0.2) is 4.79 Å². The summed E-state index contributed by atoms with van der Waals surface area (Å²) in [5.41, 5.74) is 7.35. The fourth-order valence-corrected chi connectivity index (χ4v) is 10.9. The summed E-state index contributed by atoms with van der Waals surface area (Å²) in [5, 5.41) is 3.16. The summed E-state index contributed by atoms with van der Waals surface area (Å²) in [7, 11) is 1.87. The van der Waals surface area contributed by atoms with E-state index in [0.29, 0.717) is 16.4 Å². The SMILES string of the molecule is CNc1ccccc1C(=O)O[C@H]1CC[C@]2(C)C3=C(CC[C@@]2(C)C1(C)C)[C@]1(C)CC[C@H]([C@H](C)CCC=C(C)C)[C@@]1(C)CC3. The maximum atomic E-state index is 13.5. The van der Waals surface area contributed by atoms with Gasteiger partial charge in [0, 0.05) is 18.2 Å². The van der Waals surface area contributed by atoms with E-state index in [1.807, 2.05) is 36.9 Å². The summed E-state index contributed by atoms with van der Waals surface area (Å²) in [6.45, 7) is 22.3. The van der Waals surface area contributed by atoms with Crippen molar-refractivity contribution >= 4 is 11.7 Å². The lowest BCUT2D eigenvalue weighted by atomic mass is 9.38. The van der Waals surface area contributed by atoms with Crippen LogP contribution < -0.4 is 5.32 Å². The van der Waals surface area contributed by atoms with Crippen molar-refractivity contribution in [3.8, 4) is 0 Å². The van der Waals surface area contributed by atoms with Gasteiger partial charge in [0.25, 0.3) is 0 Å². The highest BCUT2D eigenvalue weighted by molar-refractivity contribution is 5.95. The van der Waals surface area contributed by atoms with E-state index in [9.17, 15) is 4.79 Å². The molecule has 2 fully saturated rings. The van der Waals surface area contributed by atoms with Crippen molar-refractivity contribution < 1.29 is 9.53 Å². The Morgan fingerprint density at radius 1 is 0.952 bits per heavy atom. The zero-order valence-electron chi connectivity index (χ0n) is 28.5. The fourth-order valence-electron chi connectivity index (χ4n) is 10.9. The minimum atomic E-state index is -0.197. The standard InChI is InChI=1S/C39H59NO2/c1-26(2)14-13-15-27(3)29-18-22-37(7)30-20-25-39(9)35(4,5)33(42-34(41)28-16-11-12-17-32(28)40-10)21-24-38(39,8)31(30)19-23-36(29,37)6/h11-12,14,16-17,27,29,33,40H,13,15,18-25H2,1-10H3/t27-,29-,33+,36-,37+,38-,39+/m1/s1. The van der Waals surface area contributed by atoms with E-state index >= 15 is 0 Å². The Kier molecular flexibility index (Phi) is 8.11. The van der Waals surface area contributed by atoms with Crippen LogP contribution in [-0.2, 0) is 4.74 Å². The predicted octanol–water partition coefficient (Wildman–Crippen LogP) is 10.8. The highest BCUT2D eigenvalue weighted by Crippen LogP contribution is 2.75. The number of ether oxygens (including phenoxy) is 1. The van der Waals surface area contributed by atoms with Crippen LogP contribution in [0, 0.1) is 38.9 Å². The van der Waals surface area contributed by atoms with Crippen molar-refractivity contribution in [1.82, 2.24) is 0 Å². The smallest absolute Gasteiger partial charge is 0.340 e. The van der Waals surface area contributed by atoms with E-state index in [0.717, 1.165) is 30.4 Å². The van der Waals surface area contributed by atoms with E-state index < -0.39 is 0 Å². The first-order valence-electron chi connectivity index (χ1n) is 17.0. The Bertz CT molecular complexity index is 1270. The number of anilines is 1. The minimum absolute atomic E-state index is 0.0737. The predicted molar refractivity (Wildman–Crippen MR) is 177 cm³/mol. The summed E-state index contributed by atoms with van der Waals surface area (Å²) in [5.74, 6) is 1.39. The molecule has 0 unspecified atom stereocenters. The molecule has 0 radical (unpaired) electrons. The van der Waals surface area contributed by atoms with Gasteiger partial charge < -0.3 is 10.1 Å². The number of nitrogens with one attached hydrogen (secondary N) is 1. The number of esters is 1. The van der Waals surface area contributed by atoms with Gasteiger partial charge in [0.05, 0.1) is 5.56 Å². The van der Waals surface area contributed by atoms with Gasteiger partial charge in [-0.15, -0.1) is 0 Å². The third-order valence-corrected chi connectivity index (χ3v) is 14.4. The first-order valence-corrected chi connectivity index (χ1v) is 17.0. The second-order valence-electron chi connectivity index (χ2n) is 16.3. The highest BCUT2D eigenvalue weighted by atomic mass is 16.5. The monoisotopic (exact) mass is 573 g/mol. The Morgan fingerprint density at radius 2 is 1.60 bits per heavy atom. The molecule has 0 bridgehead atoms. The molecule has 0 saturated heterocycles. The lowest BCUT2D eigenvalue weighted by molar-refractivity contribution is -0.160. The number of rotatable bonds is 7. The molecule has 7 atom stereocenters. The van der Waals surface area contributed by atoms with Crippen molar-refractivity contribution in [3.63, 3.8) is 0 Å². The zero-order chi connectivity index (χ0) is 30.7. The molecule has 42 heavy (non-hydrogen) atoms. The molecule has 1 aromatic rings. The summed E-state index contributed by atoms with van der Waals surface area (Å²) in [6, 6.07) is 7.71. The number of carbonyl (C=O) groups excluding carboxylic acids is 1. The zero-order valence-corrected chi connectivity index (χ0v) is 28.5. The summed E-state index contributed by atoms with van der Waals surface area (Å²) < 4.78 is 6.42. The first kappa shape index (κ1) is 31.4. The Balaban J connectivity index is 1.42. The third-order valence-electron chi connectivity index (χ3n) is 14.4. The maximum Gasteiger partial charge on any atom is 0.340 e. The van der Waals surface area contributed by atoms with Crippen molar-refractivity contribution in [2.75, 3.05) is 12.4 Å². The van der Waals surface area contributed by atoms with Crippen LogP contribution in [0.3, 0.4) is 0 Å². The third kappa shape index (κ3) is 4.45. The van der Waals surface area contributed by atoms with Crippen LogP contribution in [0.1, 0.15) is 137 Å². The van der Waals surface area contributed by atoms with Crippen LogP contribution >= 0.6 is 0 Å². The van der Waals surface area contributed by atoms with Crippen molar-refractivity contribution in [2.45, 2.75) is 133 Å². The average Bonchev–Trinajstić information content (AvgIpc) is 3.22. The van der Waals surface area contributed by atoms with Crippen molar-refractivity contribution in [2.24, 2.45) is 38.9 Å². The van der Waals surface area contributed by atoms with Gasteiger partial charge in [0.1, 0.15) is 6.10 Å². The lowest BCUT2D eigenvalue weighted by Gasteiger charge is -2.67. The molecule has 2 saturated carbocycles. The molecule has 1 N–H and O–H groups in total. The van der Waals surface area contributed by atoms with Crippen molar-refractivity contribution in [3.05, 3.63) is 52.6 Å². The molecule has 232 valence electrons. The molecule has 0 spiro atoms. The van der Waals surface area contributed by atoms with Gasteiger partial charge in [-0.3, -0.25) is 0 Å². The summed E-state index contributed by atoms with van der Waals surface area (Å²) in [6.07, 6.45) is 14.6. The second kappa shape index (κ2) is 10.8. The molecular formula is C39H59NO2. The number of benzene rings is 1. The lowest BCUT2D eigenvalue weighted by Crippen LogP contribution is -2.61. The topological polar surface area (TPSA) is 38.3 Å². The number of para-hydroxylation sites is 1. The van der Waals surface area contributed by atoms with Gasteiger partial charge >= 0.3 is 5.97 Å². The Labute approximate surface area is 257 Å². The van der Waals surface area contributed by atoms with Crippen molar-refractivity contribution in [1.29, 1.82) is 0 Å². The molecule has 5 rings (SSSR count). The maximum absolute atomic E-state index is 13.5. The van der Waals surface area contributed by atoms with Crippen LogP contribution in [0.15, 0.2) is 47.1 Å². The molecule has 4 aliphatic rings. The number of fused-ring (bicyclic) bond motifs is 4. The summed E-state index contributed by atoms with van der Waals surface area (Å²) in [4.78, 5) is 13.5. The minimum Gasteiger partial charge on any atom is -0.458 e. The fraction of sp³-hybridized carbons (Fsp3) is 0.718. The molecule has 4 aliphatic carbocycles. The molecule has 3 nitrogen and oxygen atoms in total. The van der Waals surface area contributed by atoms with Gasteiger partial charge in [-0.2, -0.15) is 0 Å². The van der Waals surface area contributed by atoms with E-state index in [4.69, 9.17) is 4.74 Å². The molecule has 0 heterocycles. The first-order chi connectivity index (χ1) is 19.7. The Morgan fingerprint density at radius 3 is 2.29 bits per heavy atom. The van der Waals surface area contributed by atoms with Crippen LogP contribution in [0.4, 0.5) is 5.69 Å². The van der Waals surface area contributed by atoms with E-state index in [-0.39, 0.29) is 28.3 Å². The second-order valence-corrected chi connectivity index (χ2v) is 16.3. The quantitative estimate of drug-likeness (QED) is 0.260. The van der Waals surface area contributed by atoms with Gasteiger partial charge in [-0.05, 0) is 124 Å². The Hall–Kier alpha value is -2.03. The molecule has 0 amide bonds. The normalized spacial score (nSPS) is 37.7. The van der Waals surface area contributed by atoms with Gasteiger partial charge in [-0.1, -0.05) is 83.4 Å². The number of carbonyl (C=O) groups is 1. The van der Waals surface area contributed by atoms with E-state index in [2.05, 4.69) is 73.7 Å². The highest BCUT2D eigenvalue weighted by Gasteiger charge is 2.67. The van der Waals surface area contributed by atoms with Crippen LogP contribution in [0.25, 0.3) is 0 Å². The molecule has 0 aliphatic heterocycles. The number of hydrogen-bond acceptors (Lipinski definition) is 3. The van der Waals surface area contributed by atoms with Crippen LogP contribution in [0.2, 0.25) is 0 Å². The molecule has 0 aromatic heterocycles. The van der Waals surface area contributed by atoms with E-state index in [1.165, 1.54) is 56.9 Å². The van der Waals surface area contributed by atoms with Gasteiger partial charge in [0.15, 0.2) is 0 Å². The average molecular weight is 574 g/mol. The number of allylic oxidation sites excluding steroid dienone is 4.